The maximum atomic E-state index is 5.49. The predicted octanol–water partition coefficient (Wildman–Crippen LogP) is 0.841. The highest BCUT2D eigenvalue weighted by molar-refractivity contribution is 7.13. The molecule has 0 aliphatic carbocycles. The summed E-state index contributed by atoms with van der Waals surface area (Å²) in [7, 11) is 3.67. The first-order valence-corrected chi connectivity index (χ1v) is 4.77. The molecular weight excluding hydrogens is 202 g/mol. The molecule has 0 atom stereocenters. The van der Waals surface area contributed by atoms with Gasteiger partial charge in [-0.1, -0.05) is 0 Å². The Morgan fingerprint density at radius 1 is 1.43 bits per heavy atom. The van der Waals surface area contributed by atoms with Crippen LogP contribution in [0.1, 0.15) is 0 Å². The van der Waals surface area contributed by atoms with E-state index in [0.29, 0.717) is 22.7 Å². The number of hydrogen-bond acceptors (Lipinski definition) is 7. The van der Waals surface area contributed by atoms with Gasteiger partial charge in [-0.15, -0.1) is 11.3 Å². The van der Waals surface area contributed by atoms with E-state index >= 15 is 0 Å². The van der Waals surface area contributed by atoms with E-state index in [9.17, 15) is 0 Å². The van der Waals surface area contributed by atoms with E-state index in [0.717, 1.165) is 0 Å². The topological polar surface area (TPSA) is 81.1 Å². The molecule has 2 aromatic heterocycles. The molecule has 0 saturated carbocycles. The summed E-state index contributed by atoms with van der Waals surface area (Å²) in [5.74, 6) is 0.910. The van der Waals surface area contributed by atoms with Crippen molar-refractivity contribution >= 4 is 22.4 Å². The van der Waals surface area contributed by atoms with Crippen molar-refractivity contribution in [2.45, 2.75) is 0 Å². The second-order valence-electron chi connectivity index (χ2n) is 2.86. The minimum absolute atomic E-state index is 0.390. The van der Waals surface area contributed by atoms with Crippen LogP contribution in [0.3, 0.4) is 0 Å². The zero-order valence-corrected chi connectivity index (χ0v) is 8.58. The molecule has 0 spiro atoms. The highest BCUT2D eigenvalue weighted by Gasteiger charge is 2.12. The number of anilines is 2. The fraction of sp³-hybridized carbons (Fsp3) is 0.286. The number of nitrogens with zero attached hydrogens (tertiary/aromatic N) is 4. The number of aromatic nitrogens is 3. The van der Waals surface area contributed by atoms with E-state index in [2.05, 4.69) is 15.1 Å². The standard InChI is InChI=1S/C7H9N5OS/c1-12(2)7-10-5(13-11-7)4-3-14-6(8)9-4/h3H,1-2H3,(H2,8,9). The van der Waals surface area contributed by atoms with Gasteiger partial charge >= 0.3 is 0 Å². The lowest BCUT2D eigenvalue weighted by Gasteiger charge is -2.01. The zero-order chi connectivity index (χ0) is 10.1. The lowest BCUT2D eigenvalue weighted by atomic mass is 10.5. The average Bonchev–Trinajstić information content (AvgIpc) is 2.70. The molecule has 14 heavy (non-hydrogen) atoms. The summed E-state index contributed by atoms with van der Waals surface area (Å²) >= 11 is 1.34. The van der Waals surface area contributed by atoms with E-state index in [1.54, 1.807) is 10.3 Å². The molecule has 0 radical (unpaired) electrons. The van der Waals surface area contributed by atoms with E-state index in [1.165, 1.54) is 11.3 Å². The first-order chi connectivity index (χ1) is 6.66. The Morgan fingerprint density at radius 2 is 2.21 bits per heavy atom. The third-order valence-corrected chi connectivity index (χ3v) is 2.23. The second kappa shape index (κ2) is 3.26. The van der Waals surface area contributed by atoms with E-state index in [4.69, 9.17) is 10.3 Å². The van der Waals surface area contributed by atoms with Crippen LogP contribution in [0.5, 0.6) is 0 Å². The van der Waals surface area contributed by atoms with Gasteiger partial charge in [0.15, 0.2) is 5.13 Å². The summed E-state index contributed by atoms with van der Waals surface area (Å²) in [6.07, 6.45) is 0. The number of hydrogen-bond donors (Lipinski definition) is 1. The molecule has 2 aromatic rings. The third-order valence-electron chi connectivity index (χ3n) is 1.56. The van der Waals surface area contributed by atoms with Crippen LogP contribution in [0.2, 0.25) is 0 Å². The van der Waals surface area contributed by atoms with Gasteiger partial charge in [0, 0.05) is 19.5 Å². The lowest BCUT2D eigenvalue weighted by Crippen LogP contribution is -2.10. The Labute approximate surface area is 84.4 Å². The Hall–Kier alpha value is -1.63. The Balaban J connectivity index is 2.33. The lowest BCUT2D eigenvalue weighted by molar-refractivity contribution is 0.429. The van der Waals surface area contributed by atoms with Crippen molar-refractivity contribution in [2.24, 2.45) is 0 Å². The molecule has 74 valence electrons. The molecule has 0 aromatic carbocycles. The number of nitrogen functional groups attached to an aromatic ring is 1. The van der Waals surface area contributed by atoms with Crippen molar-refractivity contribution in [3.8, 4) is 11.6 Å². The van der Waals surface area contributed by atoms with E-state index in [-0.39, 0.29) is 0 Å². The van der Waals surface area contributed by atoms with Gasteiger partial charge in [-0.3, -0.25) is 0 Å². The van der Waals surface area contributed by atoms with Crippen LogP contribution in [-0.4, -0.2) is 29.2 Å². The molecule has 7 heteroatoms. The molecule has 2 N–H and O–H groups in total. The van der Waals surface area contributed by atoms with Crippen LogP contribution in [0, 0.1) is 0 Å². The van der Waals surface area contributed by atoms with Gasteiger partial charge in [0.25, 0.3) is 11.8 Å². The van der Waals surface area contributed by atoms with Crippen LogP contribution < -0.4 is 10.6 Å². The fourth-order valence-electron chi connectivity index (χ4n) is 0.887. The molecular formula is C7H9N5OS. The first-order valence-electron chi connectivity index (χ1n) is 3.89. The molecule has 0 aliphatic heterocycles. The van der Waals surface area contributed by atoms with Gasteiger partial charge in [-0.05, 0) is 5.16 Å². The Bertz CT molecular complexity index is 435. The smallest absolute Gasteiger partial charge is 0.279 e. The monoisotopic (exact) mass is 211 g/mol. The predicted molar refractivity (Wildman–Crippen MR) is 54.1 cm³/mol. The molecule has 0 fully saturated rings. The van der Waals surface area contributed by atoms with Crippen LogP contribution in [0.25, 0.3) is 11.6 Å². The summed E-state index contributed by atoms with van der Waals surface area (Å²) in [5.41, 5.74) is 6.11. The highest BCUT2D eigenvalue weighted by Crippen LogP contribution is 2.22. The molecule has 0 amide bonds. The fourth-order valence-corrected chi connectivity index (χ4v) is 1.42. The molecule has 6 nitrogen and oxygen atoms in total. The molecule has 0 saturated heterocycles. The van der Waals surface area contributed by atoms with Crippen molar-refractivity contribution in [1.82, 2.24) is 15.1 Å². The second-order valence-corrected chi connectivity index (χ2v) is 3.75. The molecule has 2 rings (SSSR count). The molecule has 0 bridgehead atoms. The quantitative estimate of drug-likeness (QED) is 0.792. The van der Waals surface area contributed by atoms with Crippen molar-refractivity contribution in [3.05, 3.63) is 5.38 Å². The molecule has 0 unspecified atom stereocenters. The van der Waals surface area contributed by atoms with Crippen molar-refractivity contribution in [1.29, 1.82) is 0 Å². The third kappa shape index (κ3) is 1.53. The van der Waals surface area contributed by atoms with Gasteiger partial charge in [0.2, 0.25) is 0 Å². The van der Waals surface area contributed by atoms with Gasteiger partial charge in [-0.25, -0.2) is 4.98 Å². The van der Waals surface area contributed by atoms with Gasteiger partial charge in [-0.2, -0.15) is 4.98 Å². The minimum Gasteiger partial charge on any atom is -0.375 e. The summed E-state index contributed by atoms with van der Waals surface area (Å²) in [5, 5.41) is 6.04. The number of rotatable bonds is 2. The number of thiazole rings is 1. The van der Waals surface area contributed by atoms with Crippen LogP contribution in [0.4, 0.5) is 11.1 Å². The zero-order valence-electron chi connectivity index (χ0n) is 7.76. The first kappa shape index (κ1) is 8.95. The Morgan fingerprint density at radius 3 is 2.71 bits per heavy atom. The average molecular weight is 211 g/mol. The number of nitrogens with two attached hydrogens (primary N) is 1. The van der Waals surface area contributed by atoms with E-state index < -0.39 is 0 Å². The van der Waals surface area contributed by atoms with Gasteiger partial charge in [0.1, 0.15) is 5.69 Å². The van der Waals surface area contributed by atoms with Crippen molar-refractivity contribution in [2.75, 3.05) is 24.7 Å². The largest absolute Gasteiger partial charge is 0.375 e. The summed E-state index contributed by atoms with van der Waals surface area (Å²) in [4.78, 5) is 9.92. The van der Waals surface area contributed by atoms with Gasteiger partial charge in [0.05, 0.1) is 0 Å². The Kier molecular flexibility index (Phi) is 2.08. The van der Waals surface area contributed by atoms with Crippen LogP contribution in [0.15, 0.2) is 9.90 Å². The SMILES string of the molecule is CN(C)c1noc(-c2csc(N)n2)n1. The summed E-state index contributed by atoms with van der Waals surface area (Å²) < 4.78 is 5.01. The van der Waals surface area contributed by atoms with Crippen molar-refractivity contribution < 1.29 is 4.52 Å². The molecule has 0 aliphatic rings. The summed E-state index contributed by atoms with van der Waals surface area (Å²) in [6, 6.07) is 0. The molecule has 2 heterocycles. The maximum Gasteiger partial charge on any atom is 0.279 e. The summed E-state index contributed by atoms with van der Waals surface area (Å²) in [6.45, 7) is 0. The van der Waals surface area contributed by atoms with Gasteiger partial charge < -0.3 is 15.2 Å². The maximum absolute atomic E-state index is 5.49. The highest BCUT2D eigenvalue weighted by atomic mass is 32.1. The minimum atomic E-state index is 0.390. The van der Waals surface area contributed by atoms with Crippen molar-refractivity contribution in [3.63, 3.8) is 0 Å². The normalized spacial score (nSPS) is 10.4. The van der Waals surface area contributed by atoms with Crippen LogP contribution in [-0.2, 0) is 0 Å². The van der Waals surface area contributed by atoms with Crippen LogP contribution >= 0.6 is 11.3 Å². The van der Waals surface area contributed by atoms with E-state index in [1.807, 2.05) is 14.1 Å².